The van der Waals surface area contributed by atoms with Crippen LogP contribution >= 0.6 is 0 Å². The number of hydrogen-bond acceptors (Lipinski definition) is 5. The van der Waals surface area contributed by atoms with Gasteiger partial charge in [-0.15, -0.1) is 0 Å². The number of anilines is 2. The Hall–Kier alpha value is -1.83. The Morgan fingerprint density at radius 3 is 2.94 bits per heavy atom. The molecule has 0 fully saturated rings. The number of pyridine rings is 1. The van der Waals surface area contributed by atoms with E-state index in [9.17, 15) is 13.2 Å². The van der Waals surface area contributed by atoms with Crippen molar-refractivity contribution < 1.29 is 17.9 Å². The lowest BCUT2D eigenvalue weighted by atomic mass is 10.3. The topological polar surface area (TPSA) is 97.4 Å². The summed E-state index contributed by atoms with van der Waals surface area (Å²) in [4.78, 5) is 14.9. The van der Waals surface area contributed by atoms with Crippen molar-refractivity contribution in [1.82, 2.24) is 4.98 Å². The van der Waals surface area contributed by atoms with Crippen molar-refractivity contribution in [3.8, 4) is 5.75 Å². The molecule has 0 bridgehead atoms. The maximum atomic E-state index is 11.0. The Bertz CT molecular complexity index is 540. The highest BCUT2D eigenvalue weighted by Gasteiger charge is 2.17. The minimum absolute atomic E-state index is 0.0620. The zero-order valence-electron chi connectivity index (χ0n) is 8.35. The van der Waals surface area contributed by atoms with Crippen molar-refractivity contribution in [2.75, 3.05) is 22.9 Å². The third-order valence-electron chi connectivity index (χ3n) is 1.76. The zero-order chi connectivity index (χ0) is 11.8. The predicted octanol–water partition coefficient (Wildman–Crippen LogP) is -0.216. The number of amides is 1. The van der Waals surface area contributed by atoms with Gasteiger partial charge in [-0.2, -0.15) is 0 Å². The van der Waals surface area contributed by atoms with Crippen molar-refractivity contribution in [3.63, 3.8) is 0 Å². The quantitative estimate of drug-likeness (QED) is 0.748. The van der Waals surface area contributed by atoms with Crippen molar-refractivity contribution in [1.29, 1.82) is 0 Å². The lowest BCUT2D eigenvalue weighted by Gasteiger charge is -2.17. The van der Waals surface area contributed by atoms with Gasteiger partial charge in [-0.1, -0.05) is 0 Å². The second kappa shape index (κ2) is 3.63. The normalized spacial score (nSPS) is 14.7. The molecule has 8 heteroatoms. The van der Waals surface area contributed by atoms with E-state index in [4.69, 9.17) is 4.74 Å². The number of nitrogens with one attached hydrogen (secondary N) is 2. The highest BCUT2D eigenvalue weighted by atomic mass is 32.2. The van der Waals surface area contributed by atoms with Crippen LogP contribution in [0, 0.1) is 0 Å². The van der Waals surface area contributed by atoms with Crippen LogP contribution in [-0.2, 0) is 14.8 Å². The van der Waals surface area contributed by atoms with Gasteiger partial charge in [0.1, 0.15) is 5.82 Å². The van der Waals surface area contributed by atoms with Gasteiger partial charge in [0.25, 0.3) is 5.91 Å². The number of rotatable bonds is 2. The summed E-state index contributed by atoms with van der Waals surface area (Å²) in [5, 5.41) is 2.48. The molecule has 0 saturated carbocycles. The molecular weight excluding hydrogens is 234 g/mol. The van der Waals surface area contributed by atoms with E-state index in [1.54, 1.807) is 0 Å². The molecule has 86 valence electrons. The van der Waals surface area contributed by atoms with E-state index in [0.717, 1.165) is 6.26 Å². The van der Waals surface area contributed by atoms with Gasteiger partial charge in [0.15, 0.2) is 18.2 Å². The number of fused-ring (bicyclic) bond motifs is 1. The molecule has 2 N–H and O–H groups in total. The van der Waals surface area contributed by atoms with E-state index in [-0.39, 0.29) is 24.1 Å². The Labute approximate surface area is 91.9 Å². The predicted molar refractivity (Wildman–Crippen MR) is 56.8 cm³/mol. The van der Waals surface area contributed by atoms with Gasteiger partial charge in [-0.25, -0.2) is 13.4 Å². The highest BCUT2D eigenvalue weighted by molar-refractivity contribution is 7.92. The fourth-order valence-corrected chi connectivity index (χ4v) is 1.70. The Kier molecular flexibility index (Phi) is 2.43. The first-order valence-corrected chi connectivity index (χ1v) is 6.25. The molecule has 1 aliphatic rings. The molecule has 0 spiro atoms. The minimum atomic E-state index is -3.38. The molecule has 1 aromatic rings. The van der Waals surface area contributed by atoms with Gasteiger partial charge >= 0.3 is 0 Å². The summed E-state index contributed by atoms with van der Waals surface area (Å²) in [6, 6.07) is 2.99. The van der Waals surface area contributed by atoms with Crippen LogP contribution in [-0.4, -0.2) is 32.2 Å². The summed E-state index contributed by atoms with van der Waals surface area (Å²) in [6.45, 7) is -0.0620. The van der Waals surface area contributed by atoms with Crippen molar-refractivity contribution >= 4 is 27.6 Å². The summed E-state index contributed by atoms with van der Waals surface area (Å²) < 4.78 is 29.2. The van der Waals surface area contributed by atoms with Crippen LogP contribution in [0.3, 0.4) is 0 Å². The average Bonchev–Trinajstić information content (AvgIpc) is 2.14. The number of aromatic nitrogens is 1. The Balaban J connectivity index is 2.31. The van der Waals surface area contributed by atoms with E-state index in [2.05, 4.69) is 15.0 Å². The van der Waals surface area contributed by atoms with Gasteiger partial charge in [-0.05, 0) is 12.1 Å². The summed E-state index contributed by atoms with van der Waals surface area (Å²) >= 11 is 0. The van der Waals surface area contributed by atoms with Gasteiger partial charge < -0.3 is 10.1 Å². The largest absolute Gasteiger partial charge is 0.480 e. The van der Waals surface area contributed by atoms with Gasteiger partial charge in [0.05, 0.1) is 6.26 Å². The van der Waals surface area contributed by atoms with Crippen LogP contribution < -0.4 is 14.8 Å². The SMILES string of the molecule is CS(=O)(=O)Nc1ccc2c(n1)NC(=O)CO2. The molecule has 2 heterocycles. The Morgan fingerprint density at radius 1 is 1.50 bits per heavy atom. The monoisotopic (exact) mass is 243 g/mol. The maximum absolute atomic E-state index is 11.0. The molecule has 2 rings (SSSR count). The standard InChI is InChI=1S/C8H9N3O4S/c1-16(13,14)11-6-3-2-5-8(9-6)10-7(12)4-15-5/h2-3H,4H2,1H3,(H2,9,10,11,12). The van der Waals surface area contributed by atoms with Crippen LogP contribution in [0.25, 0.3) is 0 Å². The molecule has 0 unspecified atom stereocenters. The number of ether oxygens (including phenoxy) is 1. The second-order valence-electron chi connectivity index (χ2n) is 3.25. The Morgan fingerprint density at radius 2 is 2.25 bits per heavy atom. The summed E-state index contributed by atoms with van der Waals surface area (Å²) in [6.07, 6.45) is 1.02. The van der Waals surface area contributed by atoms with E-state index in [1.165, 1.54) is 12.1 Å². The molecule has 0 aromatic carbocycles. The zero-order valence-corrected chi connectivity index (χ0v) is 9.17. The second-order valence-corrected chi connectivity index (χ2v) is 5.00. The molecular formula is C8H9N3O4S. The summed E-state index contributed by atoms with van der Waals surface area (Å²) in [7, 11) is -3.38. The maximum Gasteiger partial charge on any atom is 0.263 e. The molecule has 0 radical (unpaired) electrons. The fraction of sp³-hybridized carbons (Fsp3) is 0.250. The number of hydrogen-bond donors (Lipinski definition) is 2. The third-order valence-corrected chi connectivity index (χ3v) is 2.34. The van der Waals surface area contributed by atoms with Crippen LogP contribution in [0.2, 0.25) is 0 Å². The number of sulfonamides is 1. The first kappa shape index (κ1) is 10.7. The minimum Gasteiger partial charge on any atom is -0.480 e. The van der Waals surface area contributed by atoms with E-state index in [1.807, 2.05) is 0 Å². The molecule has 16 heavy (non-hydrogen) atoms. The van der Waals surface area contributed by atoms with E-state index < -0.39 is 10.0 Å². The molecule has 1 aromatic heterocycles. The van der Waals surface area contributed by atoms with Crippen molar-refractivity contribution in [2.24, 2.45) is 0 Å². The first-order valence-electron chi connectivity index (χ1n) is 4.35. The summed E-state index contributed by atoms with van der Waals surface area (Å²) in [5.74, 6) is 0.437. The van der Waals surface area contributed by atoms with Gasteiger partial charge in [0.2, 0.25) is 10.0 Å². The molecule has 0 aliphatic carbocycles. The van der Waals surface area contributed by atoms with Gasteiger partial charge in [-0.3, -0.25) is 9.52 Å². The molecule has 0 saturated heterocycles. The number of nitrogens with zero attached hydrogens (tertiary/aromatic N) is 1. The van der Waals surface area contributed by atoms with Gasteiger partial charge in [0, 0.05) is 0 Å². The lowest BCUT2D eigenvalue weighted by Crippen LogP contribution is -2.26. The molecule has 7 nitrogen and oxygen atoms in total. The number of carbonyl (C=O) groups is 1. The third kappa shape index (κ3) is 2.40. The van der Waals surface area contributed by atoms with Crippen LogP contribution in [0.15, 0.2) is 12.1 Å². The average molecular weight is 243 g/mol. The first-order chi connectivity index (χ1) is 7.44. The summed E-state index contributed by atoms with van der Waals surface area (Å²) in [5.41, 5.74) is 0. The van der Waals surface area contributed by atoms with Crippen LogP contribution in [0.5, 0.6) is 5.75 Å². The molecule has 1 aliphatic heterocycles. The lowest BCUT2D eigenvalue weighted by molar-refractivity contribution is -0.118. The number of carbonyl (C=O) groups excluding carboxylic acids is 1. The van der Waals surface area contributed by atoms with Crippen molar-refractivity contribution in [2.45, 2.75) is 0 Å². The van der Waals surface area contributed by atoms with E-state index >= 15 is 0 Å². The molecule has 1 amide bonds. The molecule has 0 atom stereocenters. The van der Waals surface area contributed by atoms with Crippen molar-refractivity contribution in [3.05, 3.63) is 12.1 Å². The highest BCUT2D eigenvalue weighted by Crippen LogP contribution is 2.26. The van der Waals surface area contributed by atoms with E-state index in [0.29, 0.717) is 5.75 Å². The van der Waals surface area contributed by atoms with Crippen LogP contribution in [0.4, 0.5) is 11.6 Å². The smallest absolute Gasteiger partial charge is 0.263 e. The fourth-order valence-electron chi connectivity index (χ4n) is 1.21. The van der Waals surface area contributed by atoms with Crippen LogP contribution in [0.1, 0.15) is 0 Å².